The number of carbonyl (C=O) groups excluding carboxylic acids is 2. The van der Waals surface area contributed by atoms with Gasteiger partial charge in [0.25, 0.3) is 0 Å². The van der Waals surface area contributed by atoms with Crippen molar-refractivity contribution in [3.05, 3.63) is 30.6 Å². The molecule has 0 radical (unpaired) electrons. The molecule has 0 saturated heterocycles. The Bertz CT molecular complexity index is 995. The van der Waals surface area contributed by atoms with Gasteiger partial charge in [0.1, 0.15) is 0 Å². The fraction of sp³-hybridized carbons (Fsp3) is 0.542. The molecular formula is C24H33N5O3. The molecule has 1 aromatic heterocycles. The molecule has 1 fully saturated rings. The molecule has 2 aromatic rings. The number of anilines is 2. The van der Waals surface area contributed by atoms with E-state index in [0.717, 1.165) is 42.7 Å². The molecule has 8 heteroatoms. The lowest BCUT2D eigenvalue weighted by Gasteiger charge is -2.41. The van der Waals surface area contributed by atoms with Crippen molar-refractivity contribution in [3.8, 4) is 11.1 Å². The van der Waals surface area contributed by atoms with E-state index in [4.69, 9.17) is 4.74 Å². The molecule has 0 N–H and O–H groups in total. The van der Waals surface area contributed by atoms with Crippen molar-refractivity contribution in [3.63, 3.8) is 0 Å². The average molecular weight is 440 g/mol. The largest absolute Gasteiger partial charge is 0.446 e. The molecule has 1 aromatic carbocycles. The van der Waals surface area contributed by atoms with Gasteiger partial charge in [0.15, 0.2) is 0 Å². The van der Waals surface area contributed by atoms with Crippen molar-refractivity contribution >= 4 is 23.4 Å². The van der Waals surface area contributed by atoms with Crippen molar-refractivity contribution in [2.24, 2.45) is 5.92 Å². The third-order valence-electron chi connectivity index (χ3n) is 5.88. The van der Waals surface area contributed by atoms with Gasteiger partial charge in [-0.3, -0.25) is 14.4 Å². The van der Waals surface area contributed by atoms with Crippen LogP contribution < -0.4 is 9.80 Å². The minimum atomic E-state index is -0.384. The lowest BCUT2D eigenvalue weighted by Crippen LogP contribution is -2.52. The van der Waals surface area contributed by atoms with Gasteiger partial charge in [0, 0.05) is 30.8 Å². The quantitative estimate of drug-likeness (QED) is 0.688. The number of amides is 2. The average Bonchev–Trinajstić information content (AvgIpc) is 3.48. The Balaban J connectivity index is 1.69. The van der Waals surface area contributed by atoms with Gasteiger partial charge in [-0.25, -0.2) is 4.79 Å². The summed E-state index contributed by atoms with van der Waals surface area (Å²) in [5.41, 5.74) is 3.41. The Hall–Kier alpha value is -2.87. The maximum Gasteiger partial charge on any atom is 0.414 e. The maximum atomic E-state index is 13.0. The van der Waals surface area contributed by atoms with E-state index >= 15 is 0 Å². The first kappa shape index (κ1) is 22.3. The zero-order valence-electron chi connectivity index (χ0n) is 19.6. The summed E-state index contributed by atoms with van der Waals surface area (Å²) in [5.74, 6) is 0.258. The van der Waals surface area contributed by atoms with Crippen LogP contribution in [-0.2, 0) is 16.1 Å². The fourth-order valence-electron chi connectivity index (χ4n) is 4.04. The monoisotopic (exact) mass is 439 g/mol. The van der Waals surface area contributed by atoms with Gasteiger partial charge in [-0.05, 0) is 65.4 Å². The number of ether oxygens (including phenoxy) is 1. The summed E-state index contributed by atoms with van der Waals surface area (Å²) in [5, 5.41) is 4.48. The summed E-state index contributed by atoms with van der Waals surface area (Å²) in [7, 11) is 4.07. The van der Waals surface area contributed by atoms with Crippen molar-refractivity contribution in [2.45, 2.75) is 52.3 Å². The first-order chi connectivity index (χ1) is 15.2. The molecule has 1 aliphatic heterocycles. The second kappa shape index (κ2) is 8.94. The van der Waals surface area contributed by atoms with Crippen molar-refractivity contribution < 1.29 is 14.3 Å². The van der Waals surface area contributed by atoms with E-state index in [-0.39, 0.29) is 30.1 Å². The van der Waals surface area contributed by atoms with Gasteiger partial charge in [0.2, 0.25) is 5.91 Å². The second-order valence-electron chi connectivity index (χ2n) is 9.37. The summed E-state index contributed by atoms with van der Waals surface area (Å²) >= 11 is 0. The number of likely N-dealkylation sites (N-methyl/N-ethyl adjacent to an activating group) is 1. The predicted molar refractivity (Wildman–Crippen MR) is 125 cm³/mol. The smallest absolute Gasteiger partial charge is 0.414 e. The second-order valence-corrected chi connectivity index (χ2v) is 9.37. The molecule has 0 spiro atoms. The van der Waals surface area contributed by atoms with Gasteiger partial charge in [0.05, 0.1) is 36.3 Å². The minimum absolute atomic E-state index is 0.106. The number of carbonyl (C=O) groups is 2. The van der Waals surface area contributed by atoms with Crippen LogP contribution >= 0.6 is 0 Å². The summed E-state index contributed by atoms with van der Waals surface area (Å²) in [6.45, 7) is 7.77. The van der Waals surface area contributed by atoms with Crippen molar-refractivity contribution in [1.82, 2.24) is 14.7 Å². The Morgan fingerprint density at radius 2 is 1.94 bits per heavy atom. The van der Waals surface area contributed by atoms with E-state index in [2.05, 4.69) is 10.00 Å². The van der Waals surface area contributed by atoms with Crippen molar-refractivity contribution in [2.75, 3.05) is 37.0 Å². The number of nitrogens with zero attached hydrogens (tertiary/aromatic N) is 5. The molecule has 172 valence electrons. The number of hydrogen-bond donors (Lipinski definition) is 0. The number of rotatable bonds is 6. The van der Waals surface area contributed by atoms with Crippen LogP contribution in [0.5, 0.6) is 0 Å². The van der Waals surface area contributed by atoms with E-state index in [0.29, 0.717) is 12.2 Å². The van der Waals surface area contributed by atoms with Crippen LogP contribution in [0, 0.1) is 5.92 Å². The Labute approximate surface area is 189 Å². The van der Waals surface area contributed by atoms with Crippen LogP contribution in [0.25, 0.3) is 11.1 Å². The third-order valence-corrected chi connectivity index (χ3v) is 5.88. The van der Waals surface area contributed by atoms with Gasteiger partial charge in [-0.1, -0.05) is 6.07 Å². The molecule has 8 nitrogen and oxygen atoms in total. The van der Waals surface area contributed by atoms with E-state index < -0.39 is 0 Å². The van der Waals surface area contributed by atoms with Crippen molar-refractivity contribution in [1.29, 1.82) is 0 Å². The number of aromatic nitrogens is 2. The predicted octanol–water partition coefficient (Wildman–Crippen LogP) is 3.61. The lowest BCUT2D eigenvalue weighted by molar-refractivity contribution is -0.120. The molecule has 1 atom stereocenters. The fourth-order valence-corrected chi connectivity index (χ4v) is 4.04. The first-order valence-electron chi connectivity index (χ1n) is 11.4. The highest BCUT2D eigenvalue weighted by Crippen LogP contribution is 2.42. The molecule has 2 heterocycles. The summed E-state index contributed by atoms with van der Waals surface area (Å²) in [6.07, 6.45) is 5.14. The maximum absolute atomic E-state index is 13.0. The van der Waals surface area contributed by atoms with Gasteiger partial charge in [-0.2, -0.15) is 5.10 Å². The highest BCUT2D eigenvalue weighted by atomic mass is 16.6. The molecule has 2 aliphatic rings. The first-order valence-corrected chi connectivity index (χ1v) is 11.4. The van der Waals surface area contributed by atoms with Crippen LogP contribution in [0.1, 0.15) is 33.6 Å². The van der Waals surface area contributed by atoms with E-state index in [1.807, 2.05) is 75.0 Å². The molecular weight excluding hydrogens is 406 g/mol. The van der Waals surface area contributed by atoms with Crippen LogP contribution in [0.3, 0.4) is 0 Å². The van der Waals surface area contributed by atoms with Gasteiger partial charge >= 0.3 is 6.09 Å². The number of fused-ring (bicyclic) bond motifs is 1. The molecule has 32 heavy (non-hydrogen) atoms. The van der Waals surface area contributed by atoms with Crippen LogP contribution in [-0.4, -0.2) is 66.0 Å². The zero-order chi connectivity index (χ0) is 23.0. The normalized spacial score (nSPS) is 18.3. The standard InChI is InChI=1S/C24H33N5O3/c1-16(2)32-24(31)28-14-17(3)29(23(30)18-6-7-18)21-9-8-19(12-22(21)28)20-13-25-27(15-20)11-10-26(4)5/h8-9,12-13,15-18H,6-7,10-11,14H2,1-5H3/t17-/m0/s1. The molecule has 4 rings (SSSR count). The number of benzene rings is 1. The molecule has 2 amide bonds. The lowest BCUT2D eigenvalue weighted by atomic mass is 10.0. The Kier molecular flexibility index (Phi) is 6.24. The van der Waals surface area contributed by atoms with E-state index in [9.17, 15) is 9.59 Å². The Morgan fingerprint density at radius 1 is 1.19 bits per heavy atom. The third kappa shape index (κ3) is 4.65. The molecule has 0 bridgehead atoms. The molecule has 1 aliphatic carbocycles. The topological polar surface area (TPSA) is 70.9 Å². The summed E-state index contributed by atoms with van der Waals surface area (Å²) in [4.78, 5) is 31.6. The zero-order valence-corrected chi connectivity index (χ0v) is 19.6. The van der Waals surface area contributed by atoms with Gasteiger partial charge in [-0.15, -0.1) is 0 Å². The van der Waals surface area contributed by atoms with Crippen LogP contribution in [0.15, 0.2) is 30.6 Å². The van der Waals surface area contributed by atoms with Crippen LogP contribution in [0.2, 0.25) is 0 Å². The van der Waals surface area contributed by atoms with Gasteiger partial charge < -0.3 is 14.5 Å². The highest BCUT2D eigenvalue weighted by molar-refractivity contribution is 6.05. The SMILES string of the molecule is CC(C)OC(=O)N1C[C@H](C)N(C(=O)C2CC2)c2ccc(-c3cnn(CCN(C)C)c3)cc21. The number of hydrogen-bond acceptors (Lipinski definition) is 5. The minimum Gasteiger partial charge on any atom is -0.446 e. The van der Waals surface area contributed by atoms with E-state index in [1.54, 1.807) is 4.90 Å². The summed E-state index contributed by atoms with van der Waals surface area (Å²) < 4.78 is 7.44. The summed E-state index contributed by atoms with van der Waals surface area (Å²) in [6, 6.07) is 5.81. The highest BCUT2D eigenvalue weighted by Gasteiger charge is 2.41. The Morgan fingerprint density at radius 3 is 2.59 bits per heavy atom. The van der Waals surface area contributed by atoms with E-state index in [1.165, 1.54) is 0 Å². The van der Waals surface area contributed by atoms with Crippen LogP contribution in [0.4, 0.5) is 16.2 Å². The molecule has 0 unspecified atom stereocenters. The molecule has 1 saturated carbocycles.